The Labute approximate surface area is 377 Å². The number of hydrogen-bond acceptors (Lipinski definition) is 10. The lowest BCUT2D eigenvalue weighted by Crippen LogP contribution is -2.46. The van der Waals surface area contributed by atoms with Gasteiger partial charge in [-0.2, -0.15) is 4.98 Å². The second-order valence-corrected chi connectivity index (χ2v) is 18.5. The first-order valence-corrected chi connectivity index (χ1v) is 24.1. The SMILES string of the molecule is CCC(CC)CNc1ncc2c(-c3ccc(CN4CCN(CCCCCOCCCc5ccc6c(c5)n(C)c(=O)n6C5CCC(=O)NC5=O)CC4)cc3)cn(C3CCC(O)CC3)c2n1. The smallest absolute Gasteiger partial charge is 0.329 e. The van der Waals surface area contributed by atoms with Gasteiger partial charge in [-0.15, -0.1) is 0 Å². The number of hydrogen-bond donors (Lipinski definition) is 3. The highest BCUT2D eigenvalue weighted by Crippen LogP contribution is 2.37. The molecule has 1 saturated carbocycles. The number of anilines is 1. The molecule has 344 valence electrons. The molecule has 2 aliphatic heterocycles. The van der Waals surface area contributed by atoms with Crippen LogP contribution in [0.3, 0.4) is 0 Å². The minimum atomic E-state index is -0.671. The van der Waals surface area contributed by atoms with Crippen LogP contribution in [-0.2, 0) is 34.3 Å². The Bertz CT molecular complexity index is 2400. The molecule has 3 N–H and O–H groups in total. The Morgan fingerprint density at radius 2 is 1.59 bits per heavy atom. The fourth-order valence-electron chi connectivity index (χ4n) is 9.98. The lowest BCUT2D eigenvalue weighted by molar-refractivity contribution is -0.135. The van der Waals surface area contributed by atoms with Crippen LogP contribution in [0.15, 0.2) is 59.7 Å². The number of unbranched alkanes of at least 4 members (excludes halogenated alkanes) is 2. The zero-order chi connectivity index (χ0) is 44.6. The van der Waals surface area contributed by atoms with E-state index >= 15 is 0 Å². The Morgan fingerprint density at radius 1 is 0.859 bits per heavy atom. The summed E-state index contributed by atoms with van der Waals surface area (Å²) in [5, 5.41) is 17.2. The van der Waals surface area contributed by atoms with E-state index in [-0.39, 0.29) is 24.1 Å². The van der Waals surface area contributed by atoms with Crippen molar-refractivity contribution in [3.8, 4) is 11.1 Å². The quantitative estimate of drug-likeness (QED) is 0.0552. The number of aliphatic hydroxyl groups excluding tert-OH is 1. The van der Waals surface area contributed by atoms with Crippen molar-refractivity contribution in [3.63, 3.8) is 0 Å². The number of rotatable bonds is 20. The van der Waals surface area contributed by atoms with Crippen LogP contribution < -0.4 is 16.3 Å². The number of aliphatic hydroxyl groups is 1. The van der Waals surface area contributed by atoms with Gasteiger partial charge in [0.1, 0.15) is 11.7 Å². The fraction of sp³-hybridized carbons (Fsp3) is 0.580. The van der Waals surface area contributed by atoms with E-state index < -0.39 is 11.9 Å². The summed E-state index contributed by atoms with van der Waals surface area (Å²) in [6.45, 7) is 13.3. The van der Waals surface area contributed by atoms with E-state index in [1.165, 1.54) is 27.7 Å². The summed E-state index contributed by atoms with van der Waals surface area (Å²) < 4.78 is 11.5. The zero-order valence-corrected chi connectivity index (χ0v) is 38.3. The van der Waals surface area contributed by atoms with Gasteiger partial charge in [-0.1, -0.05) is 57.0 Å². The van der Waals surface area contributed by atoms with E-state index in [2.05, 4.69) is 69.3 Å². The monoisotopic (exact) mass is 876 g/mol. The topological polar surface area (TPSA) is 152 Å². The number of nitrogens with zero attached hydrogens (tertiary/aromatic N) is 7. The van der Waals surface area contributed by atoms with Gasteiger partial charge in [-0.3, -0.25) is 28.9 Å². The second kappa shape index (κ2) is 21.4. The molecule has 3 fully saturated rings. The highest BCUT2D eigenvalue weighted by molar-refractivity contribution is 6.00. The molecular formula is C50H69N9O5. The van der Waals surface area contributed by atoms with Gasteiger partial charge >= 0.3 is 5.69 Å². The van der Waals surface area contributed by atoms with Crippen LogP contribution in [0.25, 0.3) is 33.2 Å². The standard InChI is InChI=1S/C50H69N9O5/c1-4-35(5-2)31-51-49-52-32-41-42(34-58(47(41)54-49)39-16-18-40(60)19-17-39)38-14-11-37(12-15-38)33-57-26-24-56(25-27-57)23-7-6-8-28-64-29-9-10-36-13-20-43-45(30-36)55(3)50(63)59(43)44-21-22-46(61)53-48(44)62/h11-15,20,30,32,34-35,39-40,44,60H,4-10,16-19,21-29,31,33H2,1-3H3,(H,51,52,54)(H,53,61,62). The predicted octanol–water partition coefficient (Wildman–Crippen LogP) is 6.99. The molecule has 3 aromatic heterocycles. The van der Waals surface area contributed by atoms with Gasteiger partial charge < -0.3 is 24.6 Å². The molecule has 0 spiro atoms. The number of piperazine rings is 1. The summed E-state index contributed by atoms with van der Waals surface area (Å²) in [6, 6.07) is 14.7. The van der Waals surface area contributed by atoms with Crippen LogP contribution in [0, 0.1) is 5.92 Å². The first-order chi connectivity index (χ1) is 31.2. The van der Waals surface area contributed by atoms with Gasteiger partial charge in [0.05, 0.1) is 17.1 Å². The number of carbonyl (C=O) groups excluding carboxylic acids is 2. The van der Waals surface area contributed by atoms with Crippen LogP contribution in [0.2, 0.25) is 0 Å². The summed E-state index contributed by atoms with van der Waals surface area (Å²) in [7, 11) is 1.73. The van der Waals surface area contributed by atoms with Crippen molar-refractivity contribution in [1.82, 2.24) is 38.8 Å². The van der Waals surface area contributed by atoms with Crippen molar-refractivity contribution in [1.29, 1.82) is 0 Å². The number of imidazole rings is 1. The van der Waals surface area contributed by atoms with E-state index in [9.17, 15) is 19.5 Å². The Kier molecular flexibility index (Phi) is 15.3. The van der Waals surface area contributed by atoms with Crippen LogP contribution >= 0.6 is 0 Å². The molecule has 8 rings (SSSR count). The van der Waals surface area contributed by atoms with Crippen molar-refractivity contribution < 1.29 is 19.4 Å². The molecule has 1 aliphatic carbocycles. The number of piperidine rings is 1. The molecule has 5 heterocycles. The normalized spacial score (nSPS) is 20.2. The Balaban J connectivity index is 0.738. The molecule has 2 saturated heterocycles. The summed E-state index contributed by atoms with van der Waals surface area (Å²) in [5.74, 6) is 0.590. The van der Waals surface area contributed by atoms with Crippen molar-refractivity contribution >= 4 is 39.8 Å². The summed E-state index contributed by atoms with van der Waals surface area (Å²) in [4.78, 5) is 52.2. The predicted molar refractivity (Wildman–Crippen MR) is 252 cm³/mol. The van der Waals surface area contributed by atoms with Crippen molar-refractivity contribution in [3.05, 3.63) is 76.5 Å². The third-order valence-corrected chi connectivity index (χ3v) is 14.2. The number of carbonyl (C=O) groups is 2. The van der Waals surface area contributed by atoms with E-state index in [1.807, 2.05) is 24.4 Å². The lowest BCUT2D eigenvalue weighted by atomic mass is 9.93. The number of benzene rings is 2. The van der Waals surface area contributed by atoms with Gasteiger partial charge in [0.15, 0.2) is 0 Å². The average Bonchev–Trinajstić information content (AvgIpc) is 3.80. The Hall–Kier alpha value is -4.89. The average molecular weight is 876 g/mol. The minimum Gasteiger partial charge on any atom is -0.393 e. The number of ether oxygens (including phenoxy) is 1. The molecule has 2 amide bonds. The molecule has 2 aromatic carbocycles. The molecule has 1 atom stereocenters. The first-order valence-electron chi connectivity index (χ1n) is 24.1. The van der Waals surface area contributed by atoms with E-state index in [0.717, 1.165) is 139 Å². The molecule has 5 aromatic rings. The van der Waals surface area contributed by atoms with Crippen molar-refractivity contribution in [2.24, 2.45) is 13.0 Å². The largest absolute Gasteiger partial charge is 0.393 e. The van der Waals surface area contributed by atoms with Crippen LogP contribution in [0.5, 0.6) is 0 Å². The van der Waals surface area contributed by atoms with Crippen LogP contribution in [0.4, 0.5) is 5.95 Å². The number of amides is 2. The van der Waals surface area contributed by atoms with Gasteiger partial charge in [0, 0.05) is 95.3 Å². The van der Waals surface area contributed by atoms with Crippen molar-refractivity contribution in [2.75, 3.05) is 57.8 Å². The molecule has 64 heavy (non-hydrogen) atoms. The molecule has 0 radical (unpaired) electrons. The zero-order valence-electron chi connectivity index (χ0n) is 38.3. The summed E-state index contributed by atoms with van der Waals surface area (Å²) in [6.07, 6.45) is 15.6. The highest BCUT2D eigenvalue weighted by Gasteiger charge is 2.31. The van der Waals surface area contributed by atoms with Gasteiger partial charge in [0.25, 0.3) is 0 Å². The van der Waals surface area contributed by atoms with E-state index in [0.29, 0.717) is 36.5 Å². The molecule has 14 nitrogen and oxygen atoms in total. The van der Waals surface area contributed by atoms with Gasteiger partial charge in [0.2, 0.25) is 17.8 Å². The van der Waals surface area contributed by atoms with Crippen LogP contribution in [0.1, 0.15) is 114 Å². The maximum atomic E-state index is 13.1. The molecule has 14 heteroatoms. The van der Waals surface area contributed by atoms with Gasteiger partial charge in [-0.25, -0.2) is 9.78 Å². The number of aromatic nitrogens is 5. The second-order valence-electron chi connectivity index (χ2n) is 18.5. The van der Waals surface area contributed by atoms with E-state index in [4.69, 9.17) is 14.7 Å². The number of nitrogens with one attached hydrogen (secondary N) is 2. The van der Waals surface area contributed by atoms with Crippen molar-refractivity contribution in [2.45, 2.75) is 122 Å². The molecule has 3 aliphatic rings. The number of imide groups is 1. The Morgan fingerprint density at radius 3 is 2.34 bits per heavy atom. The number of aryl methyl sites for hydroxylation is 2. The molecule has 1 unspecified atom stereocenters. The highest BCUT2D eigenvalue weighted by atomic mass is 16.5. The fourth-order valence-corrected chi connectivity index (χ4v) is 9.98. The van der Waals surface area contributed by atoms with Gasteiger partial charge in [-0.05, 0) is 105 Å². The van der Waals surface area contributed by atoms with Crippen LogP contribution in [-0.4, -0.2) is 109 Å². The summed E-state index contributed by atoms with van der Waals surface area (Å²) in [5.41, 5.74) is 7.06. The third-order valence-electron chi connectivity index (χ3n) is 14.2. The molecule has 0 bridgehead atoms. The minimum absolute atomic E-state index is 0.199. The maximum absolute atomic E-state index is 13.1. The molecular weight excluding hydrogens is 807 g/mol. The van der Waals surface area contributed by atoms with E-state index in [1.54, 1.807) is 11.6 Å². The first kappa shape index (κ1) is 45.7. The lowest BCUT2D eigenvalue weighted by Gasteiger charge is -2.34. The maximum Gasteiger partial charge on any atom is 0.329 e. The number of fused-ring (bicyclic) bond motifs is 2. The summed E-state index contributed by atoms with van der Waals surface area (Å²) >= 11 is 0. The third kappa shape index (κ3) is 10.8.